The first-order valence-electron chi connectivity index (χ1n) is 5.22. The summed E-state index contributed by atoms with van der Waals surface area (Å²) >= 11 is 0. The minimum absolute atomic E-state index is 0.0458. The summed E-state index contributed by atoms with van der Waals surface area (Å²) in [4.78, 5) is 0. The Balaban J connectivity index is 2.05. The summed E-state index contributed by atoms with van der Waals surface area (Å²) in [6.07, 6.45) is 4.20. The van der Waals surface area contributed by atoms with E-state index in [1.807, 2.05) is 0 Å². The van der Waals surface area contributed by atoms with Crippen molar-refractivity contribution < 1.29 is 9.47 Å². The average Bonchev–Trinajstić information content (AvgIpc) is 2.86. The average molecular weight is 186 g/mol. The Labute approximate surface area is 81.6 Å². The molecule has 0 aromatic heterocycles. The van der Waals surface area contributed by atoms with Crippen LogP contribution in [0.25, 0.3) is 0 Å². The van der Waals surface area contributed by atoms with Crippen LogP contribution in [-0.2, 0) is 9.47 Å². The molecule has 0 spiro atoms. The second-order valence-corrected chi connectivity index (χ2v) is 4.71. The van der Waals surface area contributed by atoms with Crippen LogP contribution in [0.15, 0.2) is 0 Å². The Hall–Kier alpha value is -0.0800. The molecule has 78 valence electrons. The summed E-state index contributed by atoms with van der Waals surface area (Å²) in [7, 11) is 1.79. The molecule has 0 aliphatic carbocycles. The fraction of sp³-hybridized carbons (Fsp3) is 1.00. The van der Waals surface area contributed by atoms with E-state index in [9.17, 15) is 0 Å². The molecule has 13 heavy (non-hydrogen) atoms. The van der Waals surface area contributed by atoms with Crippen molar-refractivity contribution in [3.8, 4) is 0 Å². The van der Waals surface area contributed by atoms with Gasteiger partial charge in [-0.05, 0) is 32.6 Å². The molecule has 1 aliphatic heterocycles. The largest absolute Gasteiger partial charge is 0.379 e. The van der Waals surface area contributed by atoms with Crippen LogP contribution < -0.4 is 0 Å². The molecule has 1 saturated heterocycles. The lowest BCUT2D eigenvalue weighted by atomic mass is 9.95. The van der Waals surface area contributed by atoms with Gasteiger partial charge in [0.15, 0.2) is 0 Å². The van der Waals surface area contributed by atoms with Crippen molar-refractivity contribution in [2.24, 2.45) is 5.92 Å². The van der Waals surface area contributed by atoms with Crippen LogP contribution in [0.1, 0.15) is 40.0 Å². The highest BCUT2D eigenvalue weighted by Crippen LogP contribution is 2.26. The van der Waals surface area contributed by atoms with Crippen LogP contribution in [0.5, 0.6) is 0 Å². The fourth-order valence-electron chi connectivity index (χ4n) is 1.52. The van der Waals surface area contributed by atoms with Crippen molar-refractivity contribution in [2.45, 2.75) is 51.7 Å². The fourth-order valence-corrected chi connectivity index (χ4v) is 1.52. The van der Waals surface area contributed by atoms with E-state index in [-0.39, 0.29) is 5.60 Å². The number of epoxide rings is 1. The van der Waals surface area contributed by atoms with Gasteiger partial charge in [0.2, 0.25) is 0 Å². The lowest BCUT2D eigenvalue weighted by Crippen LogP contribution is -2.22. The second-order valence-electron chi connectivity index (χ2n) is 4.71. The van der Waals surface area contributed by atoms with Gasteiger partial charge in [-0.3, -0.25) is 0 Å². The van der Waals surface area contributed by atoms with Gasteiger partial charge in [-0.15, -0.1) is 0 Å². The number of methoxy groups -OCH3 is 1. The van der Waals surface area contributed by atoms with E-state index in [1.165, 1.54) is 12.8 Å². The van der Waals surface area contributed by atoms with Gasteiger partial charge in [-0.1, -0.05) is 13.3 Å². The van der Waals surface area contributed by atoms with E-state index in [1.54, 1.807) is 7.11 Å². The predicted octanol–water partition coefficient (Wildman–Crippen LogP) is 2.62. The standard InChI is InChI=1S/C11H22O2/c1-9(10-8-13-10)6-5-7-11(2,3)12-4/h9-10H,5-8H2,1-4H3. The molecule has 0 N–H and O–H groups in total. The van der Waals surface area contributed by atoms with Crippen LogP contribution in [0.4, 0.5) is 0 Å². The Morgan fingerprint density at radius 2 is 2.15 bits per heavy atom. The van der Waals surface area contributed by atoms with Gasteiger partial charge in [0, 0.05) is 7.11 Å². The molecule has 1 heterocycles. The zero-order chi connectivity index (χ0) is 9.90. The van der Waals surface area contributed by atoms with E-state index in [0.29, 0.717) is 6.10 Å². The minimum atomic E-state index is 0.0458. The highest BCUT2D eigenvalue weighted by Gasteiger charge is 2.29. The van der Waals surface area contributed by atoms with Crippen molar-refractivity contribution in [3.63, 3.8) is 0 Å². The maximum atomic E-state index is 5.36. The van der Waals surface area contributed by atoms with E-state index in [4.69, 9.17) is 9.47 Å². The van der Waals surface area contributed by atoms with Crippen molar-refractivity contribution in [3.05, 3.63) is 0 Å². The van der Waals surface area contributed by atoms with Crippen LogP contribution in [-0.4, -0.2) is 25.4 Å². The smallest absolute Gasteiger partial charge is 0.0835 e. The van der Waals surface area contributed by atoms with Gasteiger partial charge in [0.05, 0.1) is 18.3 Å². The highest BCUT2D eigenvalue weighted by molar-refractivity contribution is 4.77. The molecule has 0 bridgehead atoms. The third kappa shape index (κ3) is 4.10. The molecule has 2 heteroatoms. The molecule has 2 atom stereocenters. The molecule has 2 nitrogen and oxygen atoms in total. The lowest BCUT2D eigenvalue weighted by molar-refractivity contribution is 0.0125. The van der Waals surface area contributed by atoms with Gasteiger partial charge in [-0.2, -0.15) is 0 Å². The number of ether oxygens (including phenoxy) is 2. The summed E-state index contributed by atoms with van der Waals surface area (Å²) < 4.78 is 10.6. The van der Waals surface area contributed by atoms with E-state index in [2.05, 4.69) is 20.8 Å². The van der Waals surface area contributed by atoms with Crippen LogP contribution >= 0.6 is 0 Å². The Morgan fingerprint density at radius 1 is 1.54 bits per heavy atom. The molecule has 1 fully saturated rings. The quantitative estimate of drug-likeness (QED) is 0.595. The van der Waals surface area contributed by atoms with Crippen molar-refractivity contribution in [2.75, 3.05) is 13.7 Å². The Morgan fingerprint density at radius 3 is 2.62 bits per heavy atom. The van der Waals surface area contributed by atoms with Gasteiger partial charge >= 0.3 is 0 Å². The molecule has 0 aromatic carbocycles. The van der Waals surface area contributed by atoms with E-state index >= 15 is 0 Å². The van der Waals surface area contributed by atoms with Crippen molar-refractivity contribution in [1.29, 1.82) is 0 Å². The molecule has 0 amide bonds. The van der Waals surface area contributed by atoms with Gasteiger partial charge in [0.1, 0.15) is 0 Å². The van der Waals surface area contributed by atoms with Crippen LogP contribution in [0, 0.1) is 5.92 Å². The SMILES string of the molecule is COC(C)(C)CCCC(C)C1CO1. The number of hydrogen-bond donors (Lipinski definition) is 0. The van der Waals surface area contributed by atoms with Gasteiger partial charge in [-0.25, -0.2) is 0 Å². The topological polar surface area (TPSA) is 21.8 Å². The molecule has 0 saturated carbocycles. The van der Waals surface area contributed by atoms with Crippen LogP contribution in [0.3, 0.4) is 0 Å². The zero-order valence-electron chi connectivity index (χ0n) is 9.30. The molecule has 0 radical (unpaired) electrons. The molecular formula is C11H22O2. The first-order valence-corrected chi connectivity index (χ1v) is 5.22. The lowest BCUT2D eigenvalue weighted by Gasteiger charge is -2.23. The summed E-state index contributed by atoms with van der Waals surface area (Å²) in [5, 5.41) is 0. The third-order valence-corrected chi connectivity index (χ3v) is 2.98. The number of rotatable bonds is 6. The molecule has 1 rings (SSSR count). The summed E-state index contributed by atoms with van der Waals surface area (Å²) in [5.41, 5.74) is 0.0458. The summed E-state index contributed by atoms with van der Waals surface area (Å²) in [6.45, 7) is 7.54. The molecular weight excluding hydrogens is 164 g/mol. The van der Waals surface area contributed by atoms with Gasteiger partial charge < -0.3 is 9.47 Å². The first kappa shape index (κ1) is 11.0. The maximum Gasteiger partial charge on any atom is 0.0835 e. The van der Waals surface area contributed by atoms with Crippen LogP contribution in [0.2, 0.25) is 0 Å². The predicted molar refractivity (Wildman–Crippen MR) is 53.8 cm³/mol. The highest BCUT2D eigenvalue weighted by atomic mass is 16.6. The second kappa shape index (κ2) is 4.43. The van der Waals surface area contributed by atoms with E-state index in [0.717, 1.165) is 18.9 Å². The van der Waals surface area contributed by atoms with E-state index < -0.39 is 0 Å². The molecule has 2 unspecified atom stereocenters. The third-order valence-electron chi connectivity index (χ3n) is 2.98. The molecule has 1 aliphatic rings. The van der Waals surface area contributed by atoms with Crippen molar-refractivity contribution >= 4 is 0 Å². The zero-order valence-corrected chi connectivity index (χ0v) is 9.30. The maximum absolute atomic E-state index is 5.36. The minimum Gasteiger partial charge on any atom is -0.379 e. The first-order chi connectivity index (χ1) is 6.05. The summed E-state index contributed by atoms with van der Waals surface area (Å²) in [5.74, 6) is 0.729. The van der Waals surface area contributed by atoms with Gasteiger partial charge in [0.25, 0.3) is 0 Å². The van der Waals surface area contributed by atoms with Crippen molar-refractivity contribution in [1.82, 2.24) is 0 Å². The molecule has 0 aromatic rings. The Bertz CT molecular complexity index is 150. The Kier molecular flexibility index (Phi) is 3.74. The summed E-state index contributed by atoms with van der Waals surface area (Å²) in [6, 6.07) is 0. The number of hydrogen-bond acceptors (Lipinski definition) is 2. The normalized spacial score (nSPS) is 24.5. The monoisotopic (exact) mass is 186 g/mol.